The van der Waals surface area contributed by atoms with E-state index in [9.17, 15) is 0 Å². The molecule has 2 fully saturated rings. The van der Waals surface area contributed by atoms with Crippen molar-refractivity contribution in [1.29, 1.82) is 0 Å². The third-order valence-electron chi connectivity index (χ3n) is 9.99. The predicted octanol–water partition coefficient (Wildman–Crippen LogP) is 8.49. The van der Waals surface area contributed by atoms with E-state index in [1.54, 1.807) is 10.4 Å². The minimum absolute atomic E-state index is 0.855. The topological polar surface area (TPSA) is 9.23 Å². The highest BCUT2D eigenvalue weighted by Gasteiger charge is 2.47. The summed E-state index contributed by atoms with van der Waals surface area (Å²) in [5.41, 5.74) is 0.888. The molecule has 0 radical (unpaired) electrons. The zero-order valence-electron chi connectivity index (χ0n) is 24.7. The summed E-state index contributed by atoms with van der Waals surface area (Å²) in [7, 11) is -4.42. The van der Waals surface area contributed by atoms with Crippen LogP contribution in [0, 0.1) is 29.6 Å². The van der Waals surface area contributed by atoms with Gasteiger partial charge in [0, 0.05) is 0 Å². The molecule has 0 spiro atoms. The highest BCUT2D eigenvalue weighted by atomic mass is 28.4. The second-order valence-corrected chi connectivity index (χ2v) is 27.7. The van der Waals surface area contributed by atoms with Gasteiger partial charge in [-0.1, -0.05) is 108 Å². The summed E-state index contributed by atoms with van der Waals surface area (Å²) >= 11 is 0. The molecule has 2 aromatic carbocycles. The molecule has 0 aliphatic heterocycles. The van der Waals surface area contributed by atoms with E-state index in [0.717, 1.165) is 35.1 Å². The molecule has 204 valence electrons. The molecular weight excluding hydrogens is 509 g/mol. The van der Waals surface area contributed by atoms with Crippen molar-refractivity contribution < 1.29 is 4.12 Å². The molecule has 0 aromatic heterocycles. The summed E-state index contributed by atoms with van der Waals surface area (Å²) in [5.74, 6) is 4.45. The minimum Gasteiger partial charge on any atom is -0.455 e. The maximum absolute atomic E-state index is 6.51. The first-order valence-corrected chi connectivity index (χ1v) is 24.3. The number of fused-ring (bicyclic) bond motifs is 4. The number of hydrogen-bond donors (Lipinski definition) is 0. The van der Waals surface area contributed by atoms with Crippen LogP contribution in [0.5, 0.6) is 0 Å². The summed E-state index contributed by atoms with van der Waals surface area (Å²) in [6.45, 7) is 14.4. The summed E-state index contributed by atoms with van der Waals surface area (Å²) in [6, 6.07) is 24.0. The highest BCUT2D eigenvalue weighted by molar-refractivity contribution is 7.01. The van der Waals surface area contributed by atoms with Gasteiger partial charge in [0.25, 0.3) is 0 Å². The van der Waals surface area contributed by atoms with Crippen molar-refractivity contribution in [2.75, 3.05) is 0 Å². The molecular formula is C34H50OSi3. The van der Waals surface area contributed by atoms with Gasteiger partial charge in [-0.15, -0.1) is 0 Å². The molecule has 0 amide bonds. The van der Waals surface area contributed by atoms with Crippen molar-refractivity contribution in [2.24, 2.45) is 29.6 Å². The molecule has 4 aliphatic carbocycles. The first-order valence-electron chi connectivity index (χ1n) is 15.2. The SMILES string of the molecule is C[Si](C)(C)O[Si](C)(C)C1CC2C=CC1C2.C[Si](CCC1CC2C=CC1C2)(c1ccccc1)c1ccccc1. The van der Waals surface area contributed by atoms with Gasteiger partial charge in [-0.05, 0) is 99.6 Å². The van der Waals surface area contributed by atoms with E-state index in [2.05, 4.69) is 124 Å². The molecule has 1 nitrogen and oxygen atoms in total. The molecule has 4 bridgehead atoms. The standard InChI is InChI=1S/C22H26Si.C12H24OSi2/c1-23(21-8-4-2-5-9-21,22-10-6-3-7-11-22)15-14-20-17-18-12-13-19(20)16-18;1-14(2,3)13-15(4,5)12-9-10-6-7-11(12)8-10/h2-13,18-20H,14-17H2,1H3;6-7,10-12H,8-9H2,1-5H3. The normalized spacial score (nSPS) is 29.5. The number of allylic oxidation sites excluding steroid dienone is 4. The maximum atomic E-state index is 6.51. The van der Waals surface area contributed by atoms with Crippen LogP contribution in [0.15, 0.2) is 85.0 Å². The van der Waals surface area contributed by atoms with Gasteiger partial charge < -0.3 is 4.12 Å². The van der Waals surface area contributed by atoms with Crippen molar-refractivity contribution in [1.82, 2.24) is 0 Å². The summed E-state index contributed by atoms with van der Waals surface area (Å²) in [5, 5.41) is 3.18. The summed E-state index contributed by atoms with van der Waals surface area (Å²) in [6.07, 6.45) is 16.9. The van der Waals surface area contributed by atoms with Gasteiger partial charge in [0.1, 0.15) is 8.07 Å². The maximum Gasteiger partial charge on any atom is 0.177 e. The minimum atomic E-state index is -1.62. The lowest BCUT2D eigenvalue weighted by Crippen LogP contribution is -2.55. The first kappa shape index (κ1) is 28.1. The van der Waals surface area contributed by atoms with E-state index in [4.69, 9.17) is 4.12 Å². The van der Waals surface area contributed by atoms with Crippen LogP contribution < -0.4 is 10.4 Å². The summed E-state index contributed by atoms with van der Waals surface area (Å²) < 4.78 is 6.51. The smallest absolute Gasteiger partial charge is 0.177 e. The van der Waals surface area contributed by atoms with Crippen molar-refractivity contribution >= 4 is 35.1 Å². The van der Waals surface area contributed by atoms with Crippen molar-refractivity contribution in [3.05, 3.63) is 85.0 Å². The van der Waals surface area contributed by atoms with Crippen LogP contribution in [-0.2, 0) is 4.12 Å². The Morgan fingerprint density at radius 2 is 1.16 bits per heavy atom. The second kappa shape index (κ2) is 11.2. The Balaban J connectivity index is 0.000000170. The molecule has 2 aromatic rings. The molecule has 0 saturated heterocycles. The molecule has 0 heterocycles. The van der Waals surface area contributed by atoms with E-state index in [1.807, 2.05) is 0 Å². The van der Waals surface area contributed by atoms with Gasteiger partial charge in [-0.25, -0.2) is 0 Å². The van der Waals surface area contributed by atoms with Crippen molar-refractivity contribution in [3.63, 3.8) is 0 Å². The van der Waals surface area contributed by atoms with Gasteiger partial charge in [-0.3, -0.25) is 0 Å². The lowest BCUT2D eigenvalue weighted by atomic mass is 9.91. The van der Waals surface area contributed by atoms with Gasteiger partial charge in [0.05, 0.1) is 0 Å². The van der Waals surface area contributed by atoms with Crippen LogP contribution in [0.25, 0.3) is 0 Å². The van der Waals surface area contributed by atoms with Crippen LogP contribution in [0.4, 0.5) is 0 Å². The third kappa shape index (κ3) is 6.30. The van der Waals surface area contributed by atoms with E-state index < -0.39 is 24.7 Å². The lowest BCUT2D eigenvalue weighted by molar-refractivity contribution is 0.433. The molecule has 4 heteroatoms. The zero-order valence-corrected chi connectivity index (χ0v) is 27.7. The molecule has 38 heavy (non-hydrogen) atoms. The fourth-order valence-electron chi connectivity index (χ4n) is 8.21. The van der Waals surface area contributed by atoms with Crippen molar-refractivity contribution in [2.45, 2.75) is 83.0 Å². The zero-order chi connectivity index (χ0) is 27.0. The van der Waals surface area contributed by atoms with E-state index in [-0.39, 0.29) is 0 Å². The largest absolute Gasteiger partial charge is 0.455 e. The number of benzene rings is 2. The Hall–Kier alpha value is -1.47. The van der Waals surface area contributed by atoms with Gasteiger partial charge in [0.2, 0.25) is 0 Å². The van der Waals surface area contributed by atoms with E-state index >= 15 is 0 Å². The molecule has 2 saturated carbocycles. The van der Waals surface area contributed by atoms with Crippen LogP contribution in [-0.4, -0.2) is 24.7 Å². The number of rotatable bonds is 8. The highest BCUT2D eigenvalue weighted by Crippen LogP contribution is 2.52. The van der Waals surface area contributed by atoms with E-state index in [1.165, 1.54) is 38.1 Å². The molecule has 6 unspecified atom stereocenters. The molecule has 6 rings (SSSR count). The molecule has 6 atom stereocenters. The average molecular weight is 559 g/mol. The molecule has 4 aliphatic rings. The van der Waals surface area contributed by atoms with Crippen molar-refractivity contribution in [3.8, 4) is 0 Å². The van der Waals surface area contributed by atoms with Gasteiger partial charge in [-0.2, -0.15) is 0 Å². The quantitative estimate of drug-likeness (QED) is 0.233. The van der Waals surface area contributed by atoms with Gasteiger partial charge in [0.15, 0.2) is 16.6 Å². The Morgan fingerprint density at radius 3 is 1.58 bits per heavy atom. The molecule has 0 N–H and O–H groups in total. The van der Waals surface area contributed by atoms with Crippen LogP contribution in [0.1, 0.15) is 32.1 Å². The Bertz CT molecular complexity index is 1080. The Kier molecular flexibility index (Phi) is 8.27. The Morgan fingerprint density at radius 1 is 0.632 bits per heavy atom. The van der Waals surface area contributed by atoms with Crippen LogP contribution >= 0.6 is 0 Å². The first-order chi connectivity index (χ1) is 18.0. The fraction of sp³-hybridized carbons (Fsp3) is 0.529. The van der Waals surface area contributed by atoms with Crippen LogP contribution in [0.3, 0.4) is 0 Å². The average Bonchev–Trinajstić information content (AvgIpc) is 3.70. The predicted molar refractivity (Wildman–Crippen MR) is 173 cm³/mol. The van der Waals surface area contributed by atoms with Crippen LogP contribution in [0.2, 0.25) is 50.9 Å². The fourth-order valence-corrected chi connectivity index (χ4v) is 21.0. The van der Waals surface area contributed by atoms with E-state index in [0.29, 0.717) is 0 Å². The summed E-state index contributed by atoms with van der Waals surface area (Å²) in [4.78, 5) is 0. The monoisotopic (exact) mass is 558 g/mol. The Labute approximate surface area is 236 Å². The third-order valence-corrected chi connectivity index (χ3v) is 21.5. The number of hydrogen-bond acceptors (Lipinski definition) is 1. The lowest BCUT2D eigenvalue weighted by Gasteiger charge is -2.38. The van der Waals surface area contributed by atoms with Gasteiger partial charge >= 0.3 is 0 Å². The second-order valence-electron chi connectivity index (χ2n) is 14.3.